The average Bonchev–Trinajstić information content (AvgIpc) is 2.43. The molecular weight excluding hydrogens is 277 g/mol. The highest BCUT2D eigenvalue weighted by Gasteiger charge is 2.21. The van der Waals surface area contributed by atoms with Gasteiger partial charge in [-0.3, -0.25) is 0 Å². The predicted octanol–water partition coefficient (Wildman–Crippen LogP) is 4.91. The molecule has 5 heteroatoms. The number of hydrogen-bond donors (Lipinski definition) is 1. The van der Waals surface area contributed by atoms with Crippen molar-refractivity contribution in [3.05, 3.63) is 34.8 Å². The smallest absolute Gasteiger partial charge is 0.196 e. The molecule has 0 aliphatic carbocycles. The molecule has 1 heterocycles. The van der Waals surface area contributed by atoms with Crippen LogP contribution >= 0.6 is 0 Å². The second kappa shape index (κ2) is 5.92. The molecule has 0 radical (unpaired) electrons. The number of rotatable bonds is 4. The number of aryl methyl sites for hydroxylation is 1. The fourth-order valence-electron chi connectivity index (χ4n) is 2.59. The Morgan fingerprint density at radius 3 is 2.43 bits per heavy atom. The van der Waals surface area contributed by atoms with Crippen molar-refractivity contribution in [1.29, 1.82) is 0 Å². The van der Waals surface area contributed by atoms with Gasteiger partial charge in [0, 0.05) is 23.3 Å². The molecule has 21 heavy (non-hydrogen) atoms. The molecule has 2 rings (SSSR count). The topological polar surface area (TPSA) is 24.9 Å². The number of pyridine rings is 1. The van der Waals surface area contributed by atoms with Crippen LogP contribution < -0.4 is 5.32 Å². The number of benzene rings is 1. The molecule has 0 saturated carbocycles. The van der Waals surface area contributed by atoms with E-state index in [-0.39, 0.29) is 16.8 Å². The Balaban J connectivity index is 2.86. The molecule has 1 N–H and O–H groups in total. The maximum Gasteiger partial charge on any atom is 0.196 e. The Labute approximate surface area is 122 Å². The zero-order chi connectivity index (χ0) is 15.7. The van der Waals surface area contributed by atoms with Gasteiger partial charge in [0.25, 0.3) is 0 Å². The van der Waals surface area contributed by atoms with Crippen LogP contribution in [0.2, 0.25) is 0 Å². The van der Waals surface area contributed by atoms with E-state index in [0.717, 1.165) is 18.1 Å². The SMILES string of the molecule is CCCNc1c(C(C)C)c(C)nc2c(F)c(F)c(F)cc12. The van der Waals surface area contributed by atoms with E-state index >= 15 is 0 Å². The lowest BCUT2D eigenvalue weighted by Crippen LogP contribution is -2.09. The van der Waals surface area contributed by atoms with E-state index < -0.39 is 17.5 Å². The van der Waals surface area contributed by atoms with E-state index in [9.17, 15) is 13.2 Å². The minimum Gasteiger partial charge on any atom is -0.384 e. The molecule has 1 aromatic heterocycles. The van der Waals surface area contributed by atoms with Crippen molar-refractivity contribution < 1.29 is 13.2 Å². The summed E-state index contributed by atoms with van der Waals surface area (Å²) in [6.07, 6.45) is 0.868. The van der Waals surface area contributed by atoms with Crippen LogP contribution in [0.3, 0.4) is 0 Å². The number of fused-ring (bicyclic) bond motifs is 1. The highest BCUT2D eigenvalue weighted by Crippen LogP contribution is 2.35. The second-order valence-corrected chi connectivity index (χ2v) is 5.45. The summed E-state index contributed by atoms with van der Waals surface area (Å²) in [6, 6.07) is 1.02. The number of nitrogens with zero attached hydrogens (tertiary/aromatic N) is 1. The van der Waals surface area contributed by atoms with Gasteiger partial charge in [0.05, 0.1) is 0 Å². The van der Waals surface area contributed by atoms with Gasteiger partial charge < -0.3 is 5.32 Å². The summed E-state index contributed by atoms with van der Waals surface area (Å²) in [4.78, 5) is 4.15. The Hall–Kier alpha value is -1.78. The van der Waals surface area contributed by atoms with Gasteiger partial charge in [0.2, 0.25) is 0 Å². The molecule has 0 amide bonds. The second-order valence-electron chi connectivity index (χ2n) is 5.45. The summed E-state index contributed by atoms with van der Waals surface area (Å²) >= 11 is 0. The number of halogens is 3. The molecular formula is C16H19F3N2. The van der Waals surface area contributed by atoms with Gasteiger partial charge in [-0.25, -0.2) is 18.2 Å². The van der Waals surface area contributed by atoms with E-state index in [4.69, 9.17) is 0 Å². The number of aromatic nitrogens is 1. The van der Waals surface area contributed by atoms with Crippen LogP contribution in [0.4, 0.5) is 18.9 Å². The first-order valence-corrected chi connectivity index (χ1v) is 7.10. The normalized spacial score (nSPS) is 11.4. The highest BCUT2D eigenvalue weighted by atomic mass is 19.2. The van der Waals surface area contributed by atoms with Crippen LogP contribution in [0.1, 0.15) is 44.4 Å². The van der Waals surface area contributed by atoms with E-state index in [1.54, 1.807) is 6.92 Å². The molecule has 0 aliphatic rings. The van der Waals surface area contributed by atoms with Crippen LogP contribution in [0.15, 0.2) is 6.07 Å². The number of hydrogen-bond acceptors (Lipinski definition) is 2. The zero-order valence-corrected chi connectivity index (χ0v) is 12.7. The molecule has 2 aromatic rings. The number of anilines is 1. The third-order valence-corrected chi connectivity index (χ3v) is 3.47. The molecule has 0 spiro atoms. The third-order valence-electron chi connectivity index (χ3n) is 3.47. The first kappa shape index (κ1) is 15.6. The van der Waals surface area contributed by atoms with Gasteiger partial charge >= 0.3 is 0 Å². The summed E-state index contributed by atoms with van der Waals surface area (Å²) in [6.45, 7) is 8.40. The Morgan fingerprint density at radius 1 is 1.19 bits per heavy atom. The lowest BCUT2D eigenvalue weighted by molar-refractivity contribution is 0.452. The van der Waals surface area contributed by atoms with Crippen molar-refractivity contribution in [2.24, 2.45) is 0 Å². The van der Waals surface area contributed by atoms with E-state index in [2.05, 4.69) is 10.3 Å². The fourth-order valence-corrected chi connectivity index (χ4v) is 2.59. The van der Waals surface area contributed by atoms with Crippen molar-refractivity contribution in [1.82, 2.24) is 4.98 Å². The van der Waals surface area contributed by atoms with Crippen molar-refractivity contribution in [2.75, 3.05) is 11.9 Å². The molecule has 0 unspecified atom stereocenters. The predicted molar refractivity (Wildman–Crippen MR) is 79.2 cm³/mol. The summed E-state index contributed by atoms with van der Waals surface area (Å²) in [5, 5.41) is 3.49. The first-order valence-electron chi connectivity index (χ1n) is 7.10. The highest BCUT2D eigenvalue weighted by molar-refractivity contribution is 5.94. The maximum atomic E-state index is 14.0. The number of nitrogens with one attached hydrogen (secondary N) is 1. The van der Waals surface area contributed by atoms with Gasteiger partial charge in [0.15, 0.2) is 17.5 Å². The largest absolute Gasteiger partial charge is 0.384 e. The molecule has 2 nitrogen and oxygen atoms in total. The van der Waals surface area contributed by atoms with E-state index in [0.29, 0.717) is 17.9 Å². The van der Waals surface area contributed by atoms with Gasteiger partial charge in [-0.1, -0.05) is 20.8 Å². The molecule has 0 bridgehead atoms. The van der Waals surface area contributed by atoms with Crippen molar-refractivity contribution in [3.8, 4) is 0 Å². The van der Waals surface area contributed by atoms with Crippen molar-refractivity contribution >= 4 is 16.6 Å². The summed E-state index contributed by atoms with van der Waals surface area (Å²) < 4.78 is 41.0. The van der Waals surface area contributed by atoms with Crippen LogP contribution in [-0.2, 0) is 0 Å². The Bertz CT molecular complexity index is 681. The zero-order valence-electron chi connectivity index (χ0n) is 12.7. The molecule has 0 aliphatic heterocycles. The van der Waals surface area contributed by atoms with Gasteiger partial charge in [-0.05, 0) is 30.9 Å². The molecule has 0 saturated heterocycles. The maximum absolute atomic E-state index is 14.0. The minimum atomic E-state index is -1.48. The third kappa shape index (κ3) is 2.69. The Kier molecular flexibility index (Phi) is 4.40. The van der Waals surface area contributed by atoms with Gasteiger partial charge in [0.1, 0.15) is 5.52 Å². The van der Waals surface area contributed by atoms with E-state index in [1.165, 1.54) is 0 Å². The quantitative estimate of drug-likeness (QED) is 0.811. The standard InChI is InChI=1S/C16H19F3N2/c1-5-6-20-15-10-7-11(17)13(18)14(19)16(10)21-9(4)12(15)8(2)3/h7-8H,5-6H2,1-4H3,(H,20,21). The lowest BCUT2D eigenvalue weighted by atomic mass is 9.96. The summed E-state index contributed by atoms with van der Waals surface area (Å²) in [7, 11) is 0. The van der Waals surface area contributed by atoms with Crippen LogP contribution in [0.25, 0.3) is 10.9 Å². The molecule has 1 aromatic carbocycles. The van der Waals surface area contributed by atoms with Gasteiger partial charge in [-0.2, -0.15) is 0 Å². The summed E-state index contributed by atoms with van der Waals surface area (Å²) in [5.74, 6) is -3.77. The van der Waals surface area contributed by atoms with Crippen LogP contribution in [0, 0.1) is 24.4 Å². The lowest BCUT2D eigenvalue weighted by Gasteiger charge is -2.19. The first-order chi connectivity index (χ1) is 9.88. The average molecular weight is 296 g/mol. The fraction of sp³-hybridized carbons (Fsp3) is 0.438. The summed E-state index contributed by atoms with van der Waals surface area (Å²) in [5.41, 5.74) is 2.05. The monoisotopic (exact) mass is 296 g/mol. The minimum absolute atomic E-state index is 0.130. The van der Waals surface area contributed by atoms with E-state index in [1.807, 2.05) is 20.8 Å². The van der Waals surface area contributed by atoms with Crippen LogP contribution in [0.5, 0.6) is 0 Å². The van der Waals surface area contributed by atoms with Crippen LogP contribution in [-0.4, -0.2) is 11.5 Å². The molecule has 0 fully saturated rings. The molecule has 114 valence electrons. The van der Waals surface area contributed by atoms with Crippen molar-refractivity contribution in [2.45, 2.75) is 40.0 Å². The van der Waals surface area contributed by atoms with Crippen molar-refractivity contribution in [3.63, 3.8) is 0 Å². The molecule has 0 atom stereocenters. The van der Waals surface area contributed by atoms with Gasteiger partial charge in [-0.15, -0.1) is 0 Å². The Morgan fingerprint density at radius 2 is 1.86 bits per heavy atom.